The molecule has 3 rings (SSSR count). The fourth-order valence-electron chi connectivity index (χ4n) is 2.86. The van der Waals surface area contributed by atoms with E-state index in [2.05, 4.69) is 9.97 Å². The number of rotatable bonds is 3. The van der Waals surface area contributed by atoms with Gasteiger partial charge in [-0.15, -0.1) is 0 Å². The Balaban J connectivity index is 1.97. The molecule has 1 aliphatic rings. The summed E-state index contributed by atoms with van der Waals surface area (Å²) in [7, 11) is -3.76. The van der Waals surface area contributed by atoms with Gasteiger partial charge in [0, 0.05) is 13.1 Å². The lowest BCUT2D eigenvalue weighted by molar-refractivity contribution is -0.157. The first-order valence-corrected chi connectivity index (χ1v) is 9.42. The van der Waals surface area contributed by atoms with Crippen LogP contribution in [-0.2, 0) is 26.1 Å². The van der Waals surface area contributed by atoms with Gasteiger partial charge in [0.15, 0.2) is 5.03 Å². The molecule has 1 atom stereocenters. The van der Waals surface area contributed by atoms with E-state index < -0.39 is 27.5 Å². The predicted molar refractivity (Wildman–Crippen MR) is 91.2 cm³/mol. The minimum absolute atomic E-state index is 0.00909. The maximum atomic E-state index is 12.8. The second kappa shape index (κ2) is 6.27. The quantitative estimate of drug-likeness (QED) is 0.843. The van der Waals surface area contributed by atoms with E-state index in [4.69, 9.17) is 4.74 Å². The van der Waals surface area contributed by atoms with E-state index in [1.165, 1.54) is 16.8 Å². The van der Waals surface area contributed by atoms with Gasteiger partial charge in [-0.1, -0.05) is 24.3 Å². The molecular weight excluding hydrogens is 342 g/mol. The summed E-state index contributed by atoms with van der Waals surface area (Å²) in [5, 5.41) is 0.00909. The molecule has 2 aromatic rings. The number of ether oxygens (including phenoxy) is 1. The number of nitrogens with zero attached hydrogens (tertiary/aromatic N) is 2. The van der Waals surface area contributed by atoms with Crippen molar-refractivity contribution in [3.05, 3.63) is 47.9 Å². The number of fused-ring (bicyclic) bond motifs is 1. The molecule has 1 unspecified atom stereocenters. The third kappa shape index (κ3) is 3.59. The van der Waals surface area contributed by atoms with Gasteiger partial charge in [0.05, 0.1) is 18.4 Å². The number of hydrogen-bond acceptors (Lipinski definition) is 5. The SMILES string of the molecule is CC(C)(C)OC(=O)C1CN(S(=O)(=O)c2cnc[nH]2)Cc2ccccc21. The molecule has 0 saturated carbocycles. The van der Waals surface area contributed by atoms with Crippen LogP contribution in [0.5, 0.6) is 0 Å². The fourth-order valence-corrected chi connectivity index (χ4v) is 4.18. The van der Waals surface area contributed by atoms with Crippen LogP contribution >= 0.6 is 0 Å². The fraction of sp³-hybridized carbons (Fsp3) is 0.412. The highest BCUT2D eigenvalue weighted by molar-refractivity contribution is 7.89. The molecule has 1 aromatic carbocycles. The third-order valence-electron chi connectivity index (χ3n) is 3.95. The van der Waals surface area contributed by atoms with Gasteiger partial charge in [0.1, 0.15) is 5.60 Å². The molecule has 0 amide bonds. The maximum absolute atomic E-state index is 12.8. The lowest BCUT2D eigenvalue weighted by atomic mass is 9.91. The normalized spacial score (nSPS) is 18.6. The molecular formula is C17H21N3O4S. The Bertz CT molecular complexity index is 870. The number of H-pyrrole nitrogens is 1. The van der Waals surface area contributed by atoms with Gasteiger partial charge in [-0.3, -0.25) is 4.79 Å². The third-order valence-corrected chi connectivity index (χ3v) is 5.68. The van der Waals surface area contributed by atoms with Gasteiger partial charge in [0.25, 0.3) is 10.0 Å². The molecule has 0 radical (unpaired) electrons. The Morgan fingerprint density at radius 1 is 1.32 bits per heavy atom. The topological polar surface area (TPSA) is 92.4 Å². The van der Waals surface area contributed by atoms with Crippen LogP contribution in [0.1, 0.15) is 37.8 Å². The standard InChI is InChI=1S/C17H21N3O4S/c1-17(2,3)24-16(21)14-10-20(9-12-6-4-5-7-13(12)14)25(22,23)15-8-18-11-19-15/h4-8,11,14H,9-10H2,1-3H3,(H,18,19). The second-order valence-electron chi connectivity index (χ2n) is 7.00. The smallest absolute Gasteiger partial charge is 0.315 e. The van der Waals surface area contributed by atoms with Crippen molar-refractivity contribution < 1.29 is 17.9 Å². The van der Waals surface area contributed by atoms with Gasteiger partial charge in [-0.25, -0.2) is 13.4 Å². The van der Waals surface area contributed by atoms with Crippen molar-refractivity contribution in [3.8, 4) is 0 Å². The van der Waals surface area contributed by atoms with E-state index in [1.54, 1.807) is 20.8 Å². The summed E-state index contributed by atoms with van der Waals surface area (Å²) in [6, 6.07) is 7.36. The maximum Gasteiger partial charge on any atom is 0.315 e. The molecule has 2 heterocycles. The molecule has 134 valence electrons. The molecule has 8 heteroatoms. The molecule has 1 aliphatic heterocycles. The van der Waals surface area contributed by atoms with Crippen LogP contribution in [0.4, 0.5) is 0 Å². The molecule has 25 heavy (non-hydrogen) atoms. The molecule has 0 aliphatic carbocycles. The molecule has 0 spiro atoms. The van der Waals surface area contributed by atoms with Crippen LogP contribution in [0.15, 0.2) is 41.8 Å². The van der Waals surface area contributed by atoms with Crippen molar-refractivity contribution in [1.29, 1.82) is 0 Å². The Hall–Kier alpha value is -2.19. The van der Waals surface area contributed by atoms with E-state index in [1.807, 2.05) is 24.3 Å². The van der Waals surface area contributed by atoms with Crippen LogP contribution in [0.25, 0.3) is 0 Å². The molecule has 1 N–H and O–H groups in total. The Labute approximate surface area is 147 Å². The second-order valence-corrected chi connectivity index (χ2v) is 8.90. The van der Waals surface area contributed by atoms with Gasteiger partial charge >= 0.3 is 5.97 Å². The van der Waals surface area contributed by atoms with Crippen molar-refractivity contribution in [2.75, 3.05) is 6.54 Å². The minimum Gasteiger partial charge on any atom is -0.459 e. The first kappa shape index (κ1) is 17.6. The summed E-state index contributed by atoms with van der Waals surface area (Å²) < 4.78 is 32.4. The van der Waals surface area contributed by atoms with E-state index in [9.17, 15) is 13.2 Å². The largest absolute Gasteiger partial charge is 0.459 e. The average Bonchev–Trinajstić information content (AvgIpc) is 3.07. The van der Waals surface area contributed by atoms with Crippen molar-refractivity contribution in [1.82, 2.24) is 14.3 Å². The number of benzene rings is 1. The number of aromatic nitrogens is 2. The number of esters is 1. The summed E-state index contributed by atoms with van der Waals surface area (Å²) in [5.74, 6) is -1.09. The summed E-state index contributed by atoms with van der Waals surface area (Å²) in [4.78, 5) is 19.1. The highest BCUT2D eigenvalue weighted by atomic mass is 32.2. The first-order chi connectivity index (χ1) is 11.7. The zero-order valence-electron chi connectivity index (χ0n) is 14.4. The Morgan fingerprint density at radius 2 is 2.04 bits per heavy atom. The van der Waals surface area contributed by atoms with E-state index in [0.29, 0.717) is 0 Å². The average molecular weight is 363 g/mol. The number of sulfonamides is 1. The van der Waals surface area contributed by atoms with Crippen LogP contribution in [0.2, 0.25) is 0 Å². The zero-order valence-corrected chi connectivity index (χ0v) is 15.2. The monoisotopic (exact) mass is 363 g/mol. The molecule has 0 fully saturated rings. The summed E-state index contributed by atoms with van der Waals surface area (Å²) in [6.45, 7) is 5.61. The minimum atomic E-state index is -3.76. The van der Waals surface area contributed by atoms with Gasteiger partial charge in [0.2, 0.25) is 0 Å². The van der Waals surface area contributed by atoms with E-state index in [-0.39, 0.29) is 18.1 Å². The predicted octanol–water partition coefficient (Wildman–Crippen LogP) is 2.04. The molecule has 0 saturated heterocycles. The zero-order chi connectivity index (χ0) is 18.2. The molecule has 0 bridgehead atoms. The number of hydrogen-bond donors (Lipinski definition) is 1. The number of nitrogens with one attached hydrogen (secondary N) is 1. The lowest BCUT2D eigenvalue weighted by Crippen LogP contribution is -2.42. The number of carbonyl (C=O) groups is 1. The van der Waals surface area contributed by atoms with Crippen LogP contribution < -0.4 is 0 Å². The van der Waals surface area contributed by atoms with E-state index >= 15 is 0 Å². The molecule has 7 nitrogen and oxygen atoms in total. The van der Waals surface area contributed by atoms with Gasteiger partial charge in [-0.2, -0.15) is 4.31 Å². The highest BCUT2D eigenvalue weighted by Crippen LogP contribution is 2.33. The van der Waals surface area contributed by atoms with Crippen LogP contribution in [-0.4, -0.2) is 40.8 Å². The van der Waals surface area contributed by atoms with Gasteiger partial charge in [-0.05, 0) is 31.9 Å². The van der Waals surface area contributed by atoms with Crippen molar-refractivity contribution >= 4 is 16.0 Å². The lowest BCUT2D eigenvalue weighted by Gasteiger charge is -2.33. The Kier molecular flexibility index (Phi) is 4.42. The summed E-state index contributed by atoms with van der Waals surface area (Å²) in [5.41, 5.74) is 0.969. The summed E-state index contributed by atoms with van der Waals surface area (Å²) >= 11 is 0. The van der Waals surface area contributed by atoms with E-state index in [0.717, 1.165) is 11.1 Å². The number of aromatic amines is 1. The van der Waals surface area contributed by atoms with Gasteiger partial charge < -0.3 is 9.72 Å². The van der Waals surface area contributed by atoms with Crippen molar-refractivity contribution in [2.24, 2.45) is 0 Å². The number of imidazole rings is 1. The van der Waals surface area contributed by atoms with Crippen LogP contribution in [0.3, 0.4) is 0 Å². The highest BCUT2D eigenvalue weighted by Gasteiger charge is 2.38. The summed E-state index contributed by atoms with van der Waals surface area (Å²) in [6.07, 6.45) is 2.58. The van der Waals surface area contributed by atoms with Crippen LogP contribution in [0, 0.1) is 0 Å². The van der Waals surface area contributed by atoms with Crippen molar-refractivity contribution in [3.63, 3.8) is 0 Å². The Morgan fingerprint density at radius 3 is 2.68 bits per heavy atom. The number of carbonyl (C=O) groups excluding carboxylic acids is 1. The van der Waals surface area contributed by atoms with Crippen molar-refractivity contribution in [2.45, 2.75) is 43.9 Å². The molecule has 1 aromatic heterocycles. The first-order valence-electron chi connectivity index (χ1n) is 7.98.